The molecule has 2 heterocycles. The standard InChI is InChI=1S/C21H23FN6O/c1-28-11-9-21(10-12-28,17-5-3-2-4-6-17)23-19(29)14-15-7-8-16(13-18(15)22)20-24-26-27-25-20/h2-8,13H,9-12,14H2,1H3,(H,23,29)(H,24,25,26,27). The van der Waals surface area contributed by atoms with Crippen molar-refractivity contribution in [3.8, 4) is 11.4 Å². The van der Waals surface area contributed by atoms with E-state index in [1.807, 2.05) is 30.3 Å². The normalized spacial score (nSPS) is 16.5. The molecule has 2 N–H and O–H groups in total. The van der Waals surface area contributed by atoms with Crippen LogP contribution in [0, 0.1) is 5.82 Å². The molecule has 0 radical (unpaired) electrons. The highest BCUT2D eigenvalue weighted by molar-refractivity contribution is 5.80. The summed E-state index contributed by atoms with van der Waals surface area (Å²) in [6.45, 7) is 1.78. The number of hydrogen-bond acceptors (Lipinski definition) is 5. The van der Waals surface area contributed by atoms with Crippen LogP contribution in [-0.2, 0) is 16.8 Å². The molecule has 0 saturated carbocycles. The lowest BCUT2D eigenvalue weighted by atomic mass is 9.80. The minimum Gasteiger partial charge on any atom is -0.346 e. The van der Waals surface area contributed by atoms with Crippen LogP contribution in [0.3, 0.4) is 0 Å². The highest BCUT2D eigenvalue weighted by Gasteiger charge is 2.36. The van der Waals surface area contributed by atoms with E-state index in [2.05, 4.69) is 37.9 Å². The Labute approximate surface area is 168 Å². The molecule has 0 atom stereocenters. The number of hydrogen-bond donors (Lipinski definition) is 2. The molecule has 0 spiro atoms. The summed E-state index contributed by atoms with van der Waals surface area (Å²) in [6.07, 6.45) is 1.61. The molecule has 150 valence electrons. The lowest BCUT2D eigenvalue weighted by molar-refractivity contribution is -0.123. The molecule has 4 rings (SSSR count). The van der Waals surface area contributed by atoms with E-state index in [9.17, 15) is 9.18 Å². The zero-order valence-corrected chi connectivity index (χ0v) is 16.2. The number of benzene rings is 2. The van der Waals surface area contributed by atoms with Gasteiger partial charge in [0.05, 0.1) is 12.0 Å². The summed E-state index contributed by atoms with van der Waals surface area (Å²) in [7, 11) is 2.08. The third-order valence-corrected chi connectivity index (χ3v) is 5.55. The third kappa shape index (κ3) is 4.17. The fourth-order valence-electron chi connectivity index (χ4n) is 3.84. The first kappa shape index (κ1) is 19.2. The monoisotopic (exact) mass is 394 g/mol. The van der Waals surface area contributed by atoms with Crippen LogP contribution >= 0.6 is 0 Å². The number of nitrogens with zero attached hydrogens (tertiary/aromatic N) is 4. The van der Waals surface area contributed by atoms with Gasteiger partial charge in [-0.05, 0) is 42.3 Å². The number of H-pyrrole nitrogens is 1. The highest BCUT2D eigenvalue weighted by Crippen LogP contribution is 2.32. The first-order valence-corrected chi connectivity index (χ1v) is 9.63. The Bertz CT molecular complexity index is 968. The van der Waals surface area contributed by atoms with Crippen molar-refractivity contribution < 1.29 is 9.18 Å². The predicted molar refractivity (Wildman–Crippen MR) is 106 cm³/mol. The van der Waals surface area contributed by atoms with Gasteiger partial charge in [-0.15, -0.1) is 10.2 Å². The average Bonchev–Trinajstić information content (AvgIpc) is 3.27. The molecule has 1 fully saturated rings. The van der Waals surface area contributed by atoms with Crippen LogP contribution in [0.4, 0.5) is 4.39 Å². The Kier molecular flexibility index (Phi) is 5.35. The first-order chi connectivity index (χ1) is 14.1. The van der Waals surface area contributed by atoms with Crippen LogP contribution in [0.25, 0.3) is 11.4 Å². The molecule has 1 aromatic heterocycles. The van der Waals surface area contributed by atoms with Gasteiger partial charge in [-0.25, -0.2) is 4.39 Å². The predicted octanol–water partition coefficient (Wildman–Crippen LogP) is 2.29. The van der Waals surface area contributed by atoms with Crippen molar-refractivity contribution in [3.63, 3.8) is 0 Å². The number of carbonyl (C=O) groups excluding carboxylic acids is 1. The van der Waals surface area contributed by atoms with E-state index in [1.54, 1.807) is 12.1 Å². The molecule has 2 aromatic carbocycles. The van der Waals surface area contributed by atoms with Crippen molar-refractivity contribution in [2.45, 2.75) is 24.8 Å². The SMILES string of the molecule is CN1CCC(NC(=O)Cc2ccc(-c3nn[nH]n3)cc2F)(c2ccccc2)CC1. The van der Waals surface area contributed by atoms with E-state index in [-0.39, 0.29) is 12.3 Å². The van der Waals surface area contributed by atoms with E-state index in [4.69, 9.17) is 0 Å². The molecular formula is C21H23FN6O. The maximum absolute atomic E-state index is 14.6. The van der Waals surface area contributed by atoms with E-state index < -0.39 is 11.4 Å². The quantitative estimate of drug-likeness (QED) is 0.693. The third-order valence-electron chi connectivity index (χ3n) is 5.55. The van der Waals surface area contributed by atoms with E-state index in [0.717, 1.165) is 31.5 Å². The zero-order chi connectivity index (χ0) is 20.3. The Balaban J connectivity index is 1.51. The van der Waals surface area contributed by atoms with Crippen molar-refractivity contribution in [2.75, 3.05) is 20.1 Å². The van der Waals surface area contributed by atoms with Gasteiger partial charge in [0, 0.05) is 18.7 Å². The summed E-state index contributed by atoms with van der Waals surface area (Å²) >= 11 is 0. The Morgan fingerprint density at radius 1 is 1.21 bits per heavy atom. The minimum atomic E-state index is -0.459. The van der Waals surface area contributed by atoms with Crippen LogP contribution in [0.1, 0.15) is 24.0 Å². The van der Waals surface area contributed by atoms with Gasteiger partial charge >= 0.3 is 0 Å². The number of likely N-dealkylation sites (tertiary alicyclic amines) is 1. The highest BCUT2D eigenvalue weighted by atomic mass is 19.1. The summed E-state index contributed by atoms with van der Waals surface area (Å²) in [5, 5.41) is 16.7. The second-order valence-corrected chi connectivity index (χ2v) is 7.52. The van der Waals surface area contributed by atoms with Crippen LogP contribution < -0.4 is 5.32 Å². The molecule has 0 unspecified atom stereocenters. The maximum Gasteiger partial charge on any atom is 0.225 e. The number of aromatic amines is 1. The molecule has 0 bridgehead atoms. The number of aromatic nitrogens is 4. The second kappa shape index (κ2) is 8.08. The number of tetrazole rings is 1. The van der Waals surface area contributed by atoms with Crippen molar-refractivity contribution in [3.05, 3.63) is 65.5 Å². The minimum absolute atomic E-state index is 0.0250. The van der Waals surface area contributed by atoms with Gasteiger partial charge in [0.2, 0.25) is 11.7 Å². The van der Waals surface area contributed by atoms with Gasteiger partial charge in [0.1, 0.15) is 5.82 Å². The number of nitrogens with one attached hydrogen (secondary N) is 2. The Morgan fingerprint density at radius 3 is 2.62 bits per heavy atom. The first-order valence-electron chi connectivity index (χ1n) is 9.63. The molecule has 8 heteroatoms. The van der Waals surface area contributed by atoms with Gasteiger partial charge in [-0.3, -0.25) is 4.79 Å². The van der Waals surface area contributed by atoms with Gasteiger partial charge in [0.15, 0.2) is 0 Å². The van der Waals surface area contributed by atoms with Crippen LogP contribution in [0.2, 0.25) is 0 Å². The van der Waals surface area contributed by atoms with E-state index in [1.165, 1.54) is 6.07 Å². The van der Waals surface area contributed by atoms with E-state index >= 15 is 0 Å². The van der Waals surface area contributed by atoms with Crippen molar-refractivity contribution in [1.29, 1.82) is 0 Å². The molecule has 29 heavy (non-hydrogen) atoms. The molecular weight excluding hydrogens is 371 g/mol. The molecule has 7 nitrogen and oxygen atoms in total. The topological polar surface area (TPSA) is 86.8 Å². The number of piperidine rings is 1. The summed E-state index contributed by atoms with van der Waals surface area (Å²) in [4.78, 5) is 15.1. The largest absolute Gasteiger partial charge is 0.346 e. The fraction of sp³-hybridized carbons (Fsp3) is 0.333. The number of amides is 1. The molecule has 3 aromatic rings. The average molecular weight is 394 g/mol. The van der Waals surface area contributed by atoms with Crippen molar-refractivity contribution in [1.82, 2.24) is 30.8 Å². The van der Waals surface area contributed by atoms with Crippen molar-refractivity contribution >= 4 is 5.91 Å². The van der Waals surface area contributed by atoms with Crippen LogP contribution in [-0.4, -0.2) is 51.6 Å². The van der Waals surface area contributed by atoms with E-state index in [0.29, 0.717) is 17.0 Å². The molecule has 1 saturated heterocycles. The molecule has 1 aliphatic heterocycles. The van der Waals surface area contributed by atoms with Gasteiger partial charge in [-0.2, -0.15) is 5.21 Å². The van der Waals surface area contributed by atoms with Crippen LogP contribution in [0.5, 0.6) is 0 Å². The molecule has 1 aliphatic rings. The zero-order valence-electron chi connectivity index (χ0n) is 16.2. The summed E-state index contributed by atoms with van der Waals surface area (Å²) < 4.78 is 14.6. The van der Waals surface area contributed by atoms with Gasteiger partial charge < -0.3 is 10.2 Å². The number of halogens is 1. The maximum atomic E-state index is 14.6. The Morgan fingerprint density at radius 2 is 1.97 bits per heavy atom. The molecule has 1 amide bonds. The summed E-state index contributed by atoms with van der Waals surface area (Å²) in [5.74, 6) is -0.335. The Hall–Kier alpha value is -3.13. The number of carbonyl (C=O) groups is 1. The summed E-state index contributed by atoms with van der Waals surface area (Å²) in [6, 6.07) is 14.7. The van der Waals surface area contributed by atoms with Gasteiger partial charge in [0.25, 0.3) is 0 Å². The lowest BCUT2D eigenvalue weighted by Crippen LogP contribution is -2.52. The summed E-state index contributed by atoms with van der Waals surface area (Å²) in [5.41, 5.74) is 1.52. The van der Waals surface area contributed by atoms with Crippen LogP contribution in [0.15, 0.2) is 48.5 Å². The molecule has 0 aliphatic carbocycles. The van der Waals surface area contributed by atoms with Gasteiger partial charge in [-0.1, -0.05) is 42.5 Å². The lowest BCUT2D eigenvalue weighted by Gasteiger charge is -2.42. The van der Waals surface area contributed by atoms with Crippen molar-refractivity contribution in [2.24, 2.45) is 0 Å². The number of rotatable bonds is 5. The fourth-order valence-corrected chi connectivity index (χ4v) is 3.84. The second-order valence-electron chi connectivity index (χ2n) is 7.52. The smallest absolute Gasteiger partial charge is 0.225 e.